The summed E-state index contributed by atoms with van der Waals surface area (Å²) in [5, 5.41) is 9.78. The number of carbonyl (C=O) groups is 1. The van der Waals surface area contributed by atoms with Gasteiger partial charge < -0.3 is 14.6 Å². The molecule has 6 heteroatoms. The Bertz CT molecular complexity index is 366. The van der Waals surface area contributed by atoms with E-state index in [0.29, 0.717) is 25.9 Å². The van der Waals surface area contributed by atoms with Crippen molar-refractivity contribution < 1.29 is 19.4 Å². The average molecular weight is 379 g/mol. The Morgan fingerprint density at radius 2 is 1.92 bits per heavy atom. The van der Waals surface area contributed by atoms with E-state index in [0.717, 1.165) is 18.1 Å². The Balaban J connectivity index is 2.13. The fourth-order valence-electron chi connectivity index (χ4n) is 2.53. The number of aliphatic hydroxyl groups is 1. The average Bonchev–Trinajstić information content (AvgIpc) is 2.95. The highest BCUT2D eigenvalue weighted by Gasteiger charge is 2.25. The van der Waals surface area contributed by atoms with Gasteiger partial charge in [-0.25, -0.2) is 0 Å². The van der Waals surface area contributed by atoms with Gasteiger partial charge in [0, 0.05) is 30.5 Å². The molecule has 0 saturated carbocycles. The van der Waals surface area contributed by atoms with Crippen LogP contribution in [0.3, 0.4) is 0 Å². The van der Waals surface area contributed by atoms with E-state index in [9.17, 15) is 4.79 Å². The van der Waals surface area contributed by atoms with Gasteiger partial charge in [-0.3, -0.25) is 4.79 Å². The second-order valence-electron chi connectivity index (χ2n) is 7.64. The largest absolute Gasteiger partial charge is 0.460 e. The zero-order valence-corrected chi connectivity index (χ0v) is 17.3. The van der Waals surface area contributed by atoms with Gasteiger partial charge in [-0.05, 0) is 53.4 Å². The summed E-state index contributed by atoms with van der Waals surface area (Å²) in [4.78, 5) is 12.0. The Hall–Kier alpha value is 0.0900. The smallest absolute Gasteiger partial charge is 0.306 e. The highest BCUT2D eigenvalue weighted by Crippen LogP contribution is 2.39. The van der Waals surface area contributed by atoms with Gasteiger partial charge >= 0.3 is 5.97 Å². The maximum absolute atomic E-state index is 12.0. The summed E-state index contributed by atoms with van der Waals surface area (Å²) < 4.78 is 11.4. The zero-order chi connectivity index (χ0) is 18.1. The van der Waals surface area contributed by atoms with Gasteiger partial charge in [0.1, 0.15) is 5.60 Å². The Kier molecular flexibility index (Phi) is 10.1. The van der Waals surface area contributed by atoms with E-state index in [2.05, 4.69) is 0 Å². The Labute approximate surface area is 155 Å². The molecule has 1 aliphatic rings. The van der Waals surface area contributed by atoms with Crippen LogP contribution in [0, 0.1) is 0 Å². The fourth-order valence-corrected chi connectivity index (χ4v) is 5.56. The van der Waals surface area contributed by atoms with E-state index in [-0.39, 0.29) is 18.2 Å². The molecule has 1 fully saturated rings. The molecule has 1 N–H and O–H groups in total. The van der Waals surface area contributed by atoms with E-state index in [1.165, 1.54) is 18.6 Å². The summed E-state index contributed by atoms with van der Waals surface area (Å²) in [5.74, 6) is 1.16. The third-order valence-corrected chi connectivity index (χ3v) is 7.19. The lowest BCUT2D eigenvalue weighted by atomic mass is 10.0. The summed E-state index contributed by atoms with van der Waals surface area (Å²) in [6.45, 7) is 8.42. The molecule has 0 aromatic carbocycles. The number of esters is 1. The summed E-state index contributed by atoms with van der Waals surface area (Å²) >= 11 is 0. The lowest BCUT2D eigenvalue weighted by Gasteiger charge is -2.29. The molecule has 1 aliphatic heterocycles. The maximum atomic E-state index is 12.0. The van der Waals surface area contributed by atoms with Gasteiger partial charge in [0.05, 0.1) is 12.2 Å². The molecule has 1 atom stereocenters. The fraction of sp³-hybridized carbons (Fsp3) is 0.944. The normalized spacial score (nSPS) is 18.8. The van der Waals surface area contributed by atoms with Crippen LogP contribution in [0.25, 0.3) is 0 Å². The lowest BCUT2D eigenvalue weighted by Crippen LogP contribution is -2.33. The third kappa shape index (κ3) is 10.2. The lowest BCUT2D eigenvalue weighted by molar-refractivity contribution is -0.159. The highest BCUT2D eigenvalue weighted by atomic mass is 33.1. The molecular formula is C18H34O4S2. The molecule has 0 bridgehead atoms. The molecule has 0 aromatic heterocycles. The van der Waals surface area contributed by atoms with E-state index >= 15 is 0 Å². The Morgan fingerprint density at radius 3 is 2.54 bits per heavy atom. The molecule has 0 radical (unpaired) electrons. The molecule has 24 heavy (non-hydrogen) atoms. The topological polar surface area (TPSA) is 55.8 Å². The standard InChI is InChI=1S/C18H34O4S2/c1-17(2,10-12-19)21-13-11-18(3,4)22-16(20)8-6-5-7-15-9-14-23-24-15/h15,19H,5-14H2,1-4H3. The van der Waals surface area contributed by atoms with Gasteiger partial charge in [0.25, 0.3) is 0 Å². The van der Waals surface area contributed by atoms with Crippen LogP contribution >= 0.6 is 21.6 Å². The zero-order valence-electron chi connectivity index (χ0n) is 15.6. The number of hydrogen-bond acceptors (Lipinski definition) is 6. The molecule has 0 amide bonds. The highest BCUT2D eigenvalue weighted by molar-refractivity contribution is 8.77. The monoisotopic (exact) mass is 378 g/mol. The van der Waals surface area contributed by atoms with Crippen molar-refractivity contribution in [3.63, 3.8) is 0 Å². The number of unbranched alkanes of at least 4 members (excludes halogenated alkanes) is 1. The molecular weight excluding hydrogens is 344 g/mol. The SMILES string of the molecule is CC(C)(CCO)OCCC(C)(C)OC(=O)CCCCC1CCSS1. The van der Waals surface area contributed by atoms with Crippen LogP contribution in [-0.4, -0.2) is 46.5 Å². The number of carbonyl (C=O) groups excluding carboxylic acids is 1. The predicted octanol–water partition coefficient (Wildman–Crippen LogP) is 4.59. The van der Waals surface area contributed by atoms with Crippen molar-refractivity contribution in [1.29, 1.82) is 0 Å². The second kappa shape index (κ2) is 10.9. The third-order valence-electron chi connectivity index (χ3n) is 4.19. The Morgan fingerprint density at radius 1 is 1.17 bits per heavy atom. The van der Waals surface area contributed by atoms with E-state index in [1.807, 2.05) is 49.3 Å². The van der Waals surface area contributed by atoms with Gasteiger partial charge in [-0.2, -0.15) is 0 Å². The maximum Gasteiger partial charge on any atom is 0.306 e. The first kappa shape index (κ1) is 22.1. The summed E-state index contributed by atoms with van der Waals surface area (Å²) in [6.07, 6.45) is 6.30. The number of hydrogen-bond donors (Lipinski definition) is 1. The molecule has 1 heterocycles. The summed E-state index contributed by atoms with van der Waals surface area (Å²) in [6, 6.07) is 0. The van der Waals surface area contributed by atoms with Crippen LogP contribution in [0.5, 0.6) is 0 Å². The number of ether oxygens (including phenoxy) is 2. The molecule has 1 unspecified atom stereocenters. The van der Waals surface area contributed by atoms with Crippen LogP contribution in [-0.2, 0) is 14.3 Å². The first-order valence-electron chi connectivity index (χ1n) is 8.99. The molecule has 142 valence electrons. The minimum Gasteiger partial charge on any atom is -0.460 e. The van der Waals surface area contributed by atoms with Crippen molar-refractivity contribution in [3.8, 4) is 0 Å². The first-order valence-corrected chi connectivity index (χ1v) is 11.4. The first-order chi connectivity index (χ1) is 11.2. The van der Waals surface area contributed by atoms with Crippen molar-refractivity contribution >= 4 is 27.6 Å². The molecule has 1 saturated heterocycles. The van der Waals surface area contributed by atoms with Crippen LogP contribution in [0.2, 0.25) is 0 Å². The van der Waals surface area contributed by atoms with Crippen molar-refractivity contribution in [3.05, 3.63) is 0 Å². The van der Waals surface area contributed by atoms with Crippen LogP contribution in [0.4, 0.5) is 0 Å². The van der Waals surface area contributed by atoms with E-state index < -0.39 is 5.60 Å². The predicted molar refractivity (Wildman–Crippen MR) is 103 cm³/mol. The van der Waals surface area contributed by atoms with Crippen LogP contribution in [0.1, 0.15) is 72.6 Å². The molecule has 1 rings (SSSR count). The van der Waals surface area contributed by atoms with Crippen LogP contribution in [0.15, 0.2) is 0 Å². The molecule has 0 spiro atoms. The summed E-state index contributed by atoms with van der Waals surface area (Å²) in [5.41, 5.74) is -0.851. The van der Waals surface area contributed by atoms with Crippen LogP contribution < -0.4 is 0 Å². The quantitative estimate of drug-likeness (QED) is 0.304. The van der Waals surface area contributed by atoms with Gasteiger partial charge in [0.2, 0.25) is 0 Å². The number of rotatable bonds is 12. The summed E-state index contributed by atoms with van der Waals surface area (Å²) in [7, 11) is 3.96. The van der Waals surface area contributed by atoms with Gasteiger partial charge in [-0.1, -0.05) is 28.0 Å². The minimum absolute atomic E-state index is 0.108. The van der Waals surface area contributed by atoms with E-state index in [1.54, 1.807) is 0 Å². The van der Waals surface area contributed by atoms with Gasteiger partial charge in [-0.15, -0.1) is 0 Å². The molecule has 4 nitrogen and oxygen atoms in total. The number of aliphatic hydroxyl groups excluding tert-OH is 1. The van der Waals surface area contributed by atoms with Crippen molar-refractivity contribution in [2.75, 3.05) is 19.0 Å². The van der Waals surface area contributed by atoms with Crippen molar-refractivity contribution in [1.82, 2.24) is 0 Å². The van der Waals surface area contributed by atoms with E-state index in [4.69, 9.17) is 14.6 Å². The second-order valence-corrected chi connectivity index (χ2v) is 10.4. The van der Waals surface area contributed by atoms with Crippen molar-refractivity contribution in [2.24, 2.45) is 0 Å². The molecule has 0 aliphatic carbocycles. The molecule has 0 aromatic rings. The van der Waals surface area contributed by atoms with Crippen molar-refractivity contribution in [2.45, 2.75) is 89.1 Å². The van der Waals surface area contributed by atoms with Gasteiger partial charge in [0.15, 0.2) is 0 Å². The minimum atomic E-state index is -0.510.